The van der Waals surface area contributed by atoms with Gasteiger partial charge in [-0.1, -0.05) is 12.1 Å². The topological polar surface area (TPSA) is 51.0 Å². The lowest BCUT2D eigenvalue weighted by Gasteiger charge is -2.15. The molecule has 1 aromatic carbocycles. The van der Waals surface area contributed by atoms with Crippen LogP contribution in [0.25, 0.3) is 22.2 Å². The second-order valence-electron chi connectivity index (χ2n) is 6.03. The van der Waals surface area contributed by atoms with Gasteiger partial charge < -0.3 is 4.90 Å². The normalized spacial score (nSPS) is 14.5. The number of aromatic nitrogens is 3. The Morgan fingerprint density at radius 2 is 1.83 bits per heavy atom. The van der Waals surface area contributed by atoms with E-state index in [-0.39, 0.29) is 18.3 Å². The minimum atomic E-state index is -0.269. The maximum Gasteiger partial charge on any atom is 0.244 e. The molecular weight excluding hydrogens is 307 g/mol. The van der Waals surface area contributed by atoms with E-state index in [9.17, 15) is 9.18 Å². The lowest BCUT2D eigenvalue weighted by Crippen LogP contribution is -2.31. The number of pyridine rings is 1. The second kappa shape index (κ2) is 6.03. The van der Waals surface area contributed by atoms with E-state index in [0.29, 0.717) is 0 Å². The summed E-state index contributed by atoms with van der Waals surface area (Å²) in [4.78, 5) is 18.6. The van der Waals surface area contributed by atoms with Crippen LogP contribution in [0, 0.1) is 5.82 Å². The summed E-state index contributed by atoms with van der Waals surface area (Å²) in [5.41, 5.74) is 3.31. The number of benzene rings is 1. The quantitative estimate of drug-likeness (QED) is 0.744. The number of nitrogens with zero attached hydrogens (tertiary/aromatic N) is 4. The Hall–Kier alpha value is -2.76. The van der Waals surface area contributed by atoms with Gasteiger partial charge in [-0.15, -0.1) is 0 Å². The number of halogens is 1. The first-order valence-corrected chi connectivity index (χ1v) is 8.06. The lowest BCUT2D eigenvalue weighted by atomic mass is 10.1. The van der Waals surface area contributed by atoms with E-state index in [1.807, 2.05) is 11.0 Å². The van der Waals surface area contributed by atoms with Crippen LogP contribution in [0.5, 0.6) is 0 Å². The monoisotopic (exact) mass is 324 g/mol. The summed E-state index contributed by atoms with van der Waals surface area (Å²) >= 11 is 0. The molecule has 1 amide bonds. The zero-order valence-corrected chi connectivity index (χ0v) is 13.2. The maximum atomic E-state index is 13.1. The van der Waals surface area contributed by atoms with E-state index in [2.05, 4.69) is 10.1 Å². The highest BCUT2D eigenvalue weighted by Gasteiger charge is 2.19. The zero-order valence-electron chi connectivity index (χ0n) is 13.2. The fourth-order valence-electron chi connectivity index (χ4n) is 3.08. The number of hydrogen-bond acceptors (Lipinski definition) is 3. The van der Waals surface area contributed by atoms with Crippen LogP contribution < -0.4 is 0 Å². The first-order valence-electron chi connectivity index (χ1n) is 8.06. The van der Waals surface area contributed by atoms with Crippen molar-refractivity contribution in [3.8, 4) is 11.1 Å². The molecule has 0 atom stereocenters. The van der Waals surface area contributed by atoms with Gasteiger partial charge in [0.05, 0.1) is 11.7 Å². The molecule has 1 aliphatic rings. The third-order valence-corrected chi connectivity index (χ3v) is 4.42. The summed E-state index contributed by atoms with van der Waals surface area (Å²) in [6.07, 6.45) is 5.55. The fourth-order valence-corrected chi connectivity index (χ4v) is 3.08. The standard InChI is InChI=1S/C18H17FN4O/c19-15-5-3-13(4-6-15)14-9-17-16(20-10-14)11-21-23(17)12-18(24)22-7-1-2-8-22/h3-6,9-11H,1-2,7-8,12H2. The van der Waals surface area contributed by atoms with Crippen molar-refractivity contribution in [1.29, 1.82) is 0 Å². The summed E-state index contributed by atoms with van der Waals surface area (Å²) in [5, 5.41) is 4.30. The first kappa shape index (κ1) is 14.8. The third kappa shape index (κ3) is 2.75. The smallest absolute Gasteiger partial charge is 0.244 e. The molecule has 0 saturated carbocycles. The molecule has 0 unspecified atom stereocenters. The van der Waals surface area contributed by atoms with Crippen molar-refractivity contribution in [1.82, 2.24) is 19.7 Å². The van der Waals surface area contributed by atoms with Gasteiger partial charge in [0.25, 0.3) is 0 Å². The maximum absolute atomic E-state index is 13.1. The molecule has 122 valence electrons. The molecule has 0 aliphatic carbocycles. The molecule has 5 nitrogen and oxygen atoms in total. The van der Waals surface area contributed by atoms with E-state index in [0.717, 1.165) is 48.1 Å². The summed E-state index contributed by atoms with van der Waals surface area (Å²) in [7, 11) is 0. The summed E-state index contributed by atoms with van der Waals surface area (Å²) < 4.78 is 14.8. The van der Waals surface area contributed by atoms with E-state index in [1.165, 1.54) is 12.1 Å². The van der Waals surface area contributed by atoms with Crippen LogP contribution in [0.4, 0.5) is 4.39 Å². The number of carbonyl (C=O) groups is 1. The number of fused-ring (bicyclic) bond motifs is 1. The van der Waals surface area contributed by atoms with Crippen LogP contribution in [0.3, 0.4) is 0 Å². The van der Waals surface area contributed by atoms with Crippen molar-refractivity contribution in [2.24, 2.45) is 0 Å². The van der Waals surface area contributed by atoms with Crippen LogP contribution in [0.2, 0.25) is 0 Å². The Morgan fingerprint density at radius 1 is 1.08 bits per heavy atom. The first-order chi connectivity index (χ1) is 11.7. The van der Waals surface area contributed by atoms with Gasteiger partial charge in [-0.05, 0) is 36.6 Å². The summed E-state index contributed by atoms with van der Waals surface area (Å²) in [6.45, 7) is 1.88. The highest BCUT2D eigenvalue weighted by molar-refractivity contribution is 5.83. The van der Waals surface area contributed by atoms with Crippen molar-refractivity contribution >= 4 is 16.9 Å². The van der Waals surface area contributed by atoms with Gasteiger partial charge in [0.15, 0.2) is 0 Å². The van der Waals surface area contributed by atoms with Crippen molar-refractivity contribution < 1.29 is 9.18 Å². The Morgan fingerprint density at radius 3 is 2.58 bits per heavy atom. The molecule has 1 fully saturated rings. The van der Waals surface area contributed by atoms with Crippen LogP contribution in [-0.2, 0) is 11.3 Å². The van der Waals surface area contributed by atoms with Gasteiger partial charge >= 0.3 is 0 Å². The Labute approximate surface area is 138 Å². The SMILES string of the molecule is O=C(Cn1ncc2ncc(-c3ccc(F)cc3)cc21)N1CCCC1. The minimum absolute atomic E-state index is 0.0877. The number of rotatable bonds is 3. The van der Waals surface area contributed by atoms with Gasteiger partial charge in [0, 0.05) is 24.8 Å². The van der Waals surface area contributed by atoms with Crippen LogP contribution in [-0.4, -0.2) is 38.7 Å². The largest absolute Gasteiger partial charge is 0.341 e. The van der Waals surface area contributed by atoms with Crippen molar-refractivity contribution in [3.63, 3.8) is 0 Å². The predicted molar refractivity (Wildman–Crippen MR) is 88.7 cm³/mol. The highest BCUT2D eigenvalue weighted by Crippen LogP contribution is 2.23. The van der Waals surface area contributed by atoms with E-state index in [4.69, 9.17) is 0 Å². The lowest BCUT2D eigenvalue weighted by molar-refractivity contribution is -0.130. The third-order valence-electron chi connectivity index (χ3n) is 4.42. The minimum Gasteiger partial charge on any atom is -0.341 e. The molecule has 0 N–H and O–H groups in total. The second-order valence-corrected chi connectivity index (χ2v) is 6.03. The summed E-state index contributed by atoms with van der Waals surface area (Å²) in [5.74, 6) is -0.182. The van der Waals surface area contributed by atoms with Crippen LogP contribution in [0.1, 0.15) is 12.8 Å². The fraction of sp³-hybridized carbons (Fsp3) is 0.278. The van der Waals surface area contributed by atoms with Gasteiger partial charge in [0.2, 0.25) is 5.91 Å². The number of hydrogen-bond donors (Lipinski definition) is 0. The number of carbonyl (C=O) groups excluding carboxylic acids is 1. The van der Waals surface area contributed by atoms with Gasteiger partial charge in [-0.25, -0.2) is 4.39 Å². The Kier molecular flexibility index (Phi) is 3.72. The molecule has 6 heteroatoms. The average Bonchev–Trinajstić information content (AvgIpc) is 3.25. The van der Waals surface area contributed by atoms with Crippen LogP contribution >= 0.6 is 0 Å². The van der Waals surface area contributed by atoms with E-state index >= 15 is 0 Å². The van der Waals surface area contributed by atoms with Gasteiger partial charge in [0.1, 0.15) is 17.9 Å². The Bertz CT molecular complexity index is 882. The molecule has 3 aromatic rings. The number of amides is 1. The van der Waals surface area contributed by atoms with Crippen molar-refractivity contribution in [3.05, 3.63) is 48.5 Å². The molecular formula is C18H17FN4O. The molecule has 2 aromatic heterocycles. The van der Waals surface area contributed by atoms with E-state index in [1.54, 1.807) is 29.2 Å². The highest BCUT2D eigenvalue weighted by atomic mass is 19.1. The van der Waals surface area contributed by atoms with E-state index < -0.39 is 0 Å². The molecule has 1 aliphatic heterocycles. The predicted octanol–water partition coefficient (Wildman–Crippen LogP) is 2.86. The van der Waals surface area contributed by atoms with Crippen molar-refractivity contribution in [2.75, 3.05) is 13.1 Å². The molecule has 0 radical (unpaired) electrons. The Balaban J connectivity index is 1.65. The number of likely N-dealkylation sites (tertiary alicyclic amines) is 1. The molecule has 0 bridgehead atoms. The summed E-state index contributed by atoms with van der Waals surface area (Å²) in [6, 6.07) is 8.23. The molecule has 0 spiro atoms. The molecule has 3 heterocycles. The molecule has 24 heavy (non-hydrogen) atoms. The van der Waals surface area contributed by atoms with Gasteiger partial charge in [-0.3, -0.25) is 14.5 Å². The zero-order chi connectivity index (χ0) is 16.5. The van der Waals surface area contributed by atoms with Crippen molar-refractivity contribution in [2.45, 2.75) is 19.4 Å². The van der Waals surface area contributed by atoms with Gasteiger partial charge in [-0.2, -0.15) is 5.10 Å². The molecule has 4 rings (SSSR count). The van der Waals surface area contributed by atoms with Crippen LogP contribution in [0.15, 0.2) is 42.7 Å². The average molecular weight is 324 g/mol. The molecule has 1 saturated heterocycles.